The third kappa shape index (κ3) is 5.34. The van der Waals surface area contributed by atoms with Crippen LogP contribution in [0.25, 0.3) is 0 Å². The van der Waals surface area contributed by atoms with Crippen molar-refractivity contribution in [3.63, 3.8) is 0 Å². The molecule has 0 aliphatic carbocycles. The molecule has 2 rings (SSSR count). The fraction of sp³-hybridized carbons (Fsp3) is 0.200. The lowest BCUT2D eigenvalue weighted by molar-refractivity contribution is 0.104. The molecule has 0 heterocycles. The van der Waals surface area contributed by atoms with Crippen molar-refractivity contribution in [3.05, 3.63) is 83.6 Å². The third-order valence-electron chi connectivity index (χ3n) is 3.72. The van der Waals surface area contributed by atoms with Gasteiger partial charge in [0.2, 0.25) is 0 Å². The summed E-state index contributed by atoms with van der Waals surface area (Å²) in [5.74, 6) is 0. The molecule has 0 aliphatic rings. The summed E-state index contributed by atoms with van der Waals surface area (Å²) in [6.07, 6.45) is 0.295. The molecule has 136 valence electrons. The van der Waals surface area contributed by atoms with E-state index in [4.69, 9.17) is 4.74 Å². The fourth-order valence-electron chi connectivity index (χ4n) is 2.26. The Labute approximate surface area is 154 Å². The zero-order valence-electron chi connectivity index (χ0n) is 14.7. The lowest BCUT2D eigenvalue weighted by Gasteiger charge is -2.17. The van der Waals surface area contributed by atoms with Gasteiger partial charge in [-0.3, -0.25) is 0 Å². The van der Waals surface area contributed by atoms with Crippen molar-refractivity contribution in [2.45, 2.75) is 31.3 Å². The van der Waals surface area contributed by atoms with Crippen molar-refractivity contribution in [1.29, 1.82) is 0 Å². The number of hydrogen-bond acceptors (Lipinski definition) is 4. The number of sulfonamides is 1. The van der Waals surface area contributed by atoms with Crippen LogP contribution in [-0.2, 0) is 14.8 Å². The van der Waals surface area contributed by atoms with Crippen molar-refractivity contribution in [3.8, 4) is 0 Å². The second-order valence-electron chi connectivity index (χ2n) is 5.87. The molecular formula is C20H21NO4S. The summed E-state index contributed by atoms with van der Waals surface area (Å²) in [6, 6.07) is 13.6. The van der Waals surface area contributed by atoms with Crippen molar-refractivity contribution in [1.82, 2.24) is 4.72 Å². The van der Waals surface area contributed by atoms with Gasteiger partial charge in [0.25, 0.3) is 10.0 Å². The van der Waals surface area contributed by atoms with Gasteiger partial charge in [0.15, 0.2) is 0 Å². The second-order valence-corrected chi connectivity index (χ2v) is 7.55. The molecule has 1 N–H and O–H groups in total. The largest absolute Gasteiger partial charge is 0.440 e. The van der Waals surface area contributed by atoms with Crippen molar-refractivity contribution in [2.24, 2.45) is 0 Å². The highest BCUT2D eigenvalue weighted by Gasteiger charge is 2.22. The van der Waals surface area contributed by atoms with E-state index in [1.807, 2.05) is 42.8 Å². The minimum Gasteiger partial charge on any atom is -0.440 e. The smallest absolute Gasteiger partial charge is 0.421 e. The molecule has 0 bridgehead atoms. The summed E-state index contributed by atoms with van der Waals surface area (Å²) in [5, 5.41) is 0. The van der Waals surface area contributed by atoms with Crippen LogP contribution in [0.2, 0.25) is 0 Å². The van der Waals surface area contributed by atoms with Gasteiger partial charge in [-0.15, -0.1) is 5.73 Å². The van der Waals surface area contributed by atoms with Crippen LogP contribution in [0.3, 0.4) is 0 Å². The van der Waals surface area contributed by atoms with Gasteiger partial charge < -0.3 is 4.74 Å². The van der Waals surface area contributed by atoms with E-state index in [1.54, 1.807) is 18.2 Å². The molecule has 0 spiro atoms. The van der Waals surface area contributed by atoms with Crippen LogP contribution in [0.4, 0.5) is 4.79 Å². The molecule has 0 saturated heterocycles. The number of nitrogens with one attached hydrogen (secondary N) is 1. The number of rotatable bonds is 6. The van der Waals surface area contributed by atoms with Crippen molar-refractivity contribution in [2.75, 3.05) is 0 Å². The topological polar surface area (TPSA) is 72.5 Å². The Morgan fingerprint density at radius 1 is 1.12 bits per heavy atom. The number of carbonyl (C=O) groups is 1. The van der Waals surface area contributed by atoms with Crippen molar-refractivity contribution >= 4 is 16.1 Å². The molecule has 1 unspecified atom stereocenters. The molecule has 5 nitrogen and oxygen atoms in total. The molecular weight excluding hydrogens is 350 g/mol. The predicted molar refractivity (Wildman–Crippen MR) is 100 cm³/mol. The zero-order chi connectivity index (χ0) is 19.2. The quantitative estimate of drug-likeness (QED) is 0.773. The lowest BCUT2D eigenvalue weighted by Crippen LogP contribution is -2.32. The highest BCUT2D eigenvalue weighted by Crippen LogP contribution is 2.23. The van der Waals surface area contributed by atoms with Crippen LogP contribution in [0.1, 0.15) is 29.2 Å². The van der Waals surface area contributed by atoms with Crippen LogP contribution in [0, 0.1) is 13.8 Å². The summed E-state index contributed by atoms with van der Waals surface area (Å²) >= 11 is 0. The van der Waals surface area contributed by atoms with Gasteiger partial charge in [-0.2, -0.15) is 0 Å². The molecule has 1 amide bonds. The van der Waals surface area contributed by atoms with E-state index in [1.165, 1.54) is 12.1 Å². The minimum atomic E-state index is -3.99. The first-order chi connectivity index (χ1) is 12.3. The molecule has 2 aromatic rings. The molecule has 26 heavy (non-hydrogen) atoms. The maximum atomic E-state index is 12.3. The summed E-state index contributed by atoms with van der Waals surface area (Å²) in [7, 11) is -3.99. The zero-order valence-corrected chi connectivity index (χ0v) is 15.5. The van der Waals surface area contributed by atoms with Gasteiger partial charge >= 0.3 is 6.09 Å². The first-order valence-electron chi connectivity index (χ1n) is 8.03. The average Bonchev–Trinajstić information content (AvgIpc) is 2.59. The first kappa shape index (κ1) is 19.5. The van der Waals surface area contributed by atoms with E-state index in [0.29, 0.717) is 6.42 Å². The van der Waals surface area contributed by atoms with Crippen LogP contribution in [-0.4, -0.2) is 14.5 Å². The predicted octanol–water partition coefficient (Wildman–Crippen LogP) is 4.19. The first-order valence-corrected chi connectivity index (χ1v) is 9.51. The number of hydrogen-bond donors (Lipinski definition) is 1. The Balaban J connectivity index is 2.14. The van der Waals surface area contributed by atoms with Crippen LogP contribution in [0.15, 0.2) is 71.8 Å². The molecule has 2 aromatic carbocycles. The maximum absolute atomic E-state index is 12.3. The van der Waals surface area contributed by atoms with Crippen LogP contribution >= 0.6 is 0 Å². The highest BCUT2D eigenvalue weighted by atomic mass is 32.2. The van der Waals surface area contributed by atoms with E-state index in [-0.39, 0.29) is 4.90 Å². The number of carbonyl (C=O) groups excluding carboxylic acids is 1. The number of ether oxygens (including phenoxy) is 1. The third-order valence-corrected chi connectivity index (χ3v) is 5.05. The summed E-state index contributed by atoms with van der Waals surface area (Å²) in [4.78, 5) is 12.1. The maximum Gasteiger partial charge on any atom is 0.421 e. The molecule has 1 atom stereocenters. The molecule has 0 radical (unpaired) electrons. The normalized spacial score (nSPS) is 11.9. The summed E-state index contributed by atoms with van der Waals surface area (Å²) < 4.78 is 31.8. The number of benzene rings is 2. The fourth-order valence-corrected chi connectivity index (χ4v) is 3.14. The molecule has 0 aliphatic heterocycles. The molecule has 0 aromatic heterocycles. The SMILES string of the molecule is C=C=CCC(OC(=O)NS(=O)(=O)c1ccc(C)cc1)c1ccc(C)cc1. The molecule has 0 saturated carbocycles. The average molecular weight is 371 g/mol. The van der Waals surface area contributed by atoms with E-state index >= 15 is 0 Å². The van der Waals surface area contributed by atoms with Gasteiger partial charge in [0, 0.05) is 6.42 Å². The standard InChI is InChI=1S/C20H21NO4S/c1-4-5-6-19(17-11-7-15(2)8-12-17)25-20(22)21-26(23,24)18-13-9-16(3)10-14-18/h5,7-14,19H,1,6H2,2-3H3,(H,21,22). The monoisotopic (exact) mass is 371 g/mol. The minimum absolute atomic E-state index is 0.00192. The Morgan fingerprint density at radius 2 is 1.65 bits per heavy atom. The summed E-state index contributed by atoms with van der Waals surface area (Å²) in [5.41, 5.74) is 5.37. The lowest BCUT2D eigenvalue weighted by atomic mass is 10.0. The van der Waals surface area contributed by atoms with E-state index < -0.39 is 22.2 Å². The van der Waals surface area contributed by atoms with Gasteiger partial charge in [-0.05, 0) is 37.6 Å². The Morgan fingerprint density at radius 3 is 2.19 bits per heavy atom. The van der Waals surface area contributed by atoms with Crippen LogP contribution < -0.4 is 4.72 Å². The number of aryl methyl sites for hydroxylation is 2. The second kappa shape index (κ2) is 8.52. The Kier molecular flexibility index (Phi) is 6.39. The van der Waals surface area contributed by atoms with Crippen molar-refractivity contribution < 1.29 is 17.9 Å². The van der Waals surface area contributed by atoms with Gasteiger partial charge in [-0.1, -0.05) is 54.1 Å². The van der Waals surface area contributed by atoms with Gasteiger partial charge in [0.05, 0.1) is 4.90 Å². The van der Waals surface area contributed by atoms with E-state index in [2.05, 4.69) is 12.3 Å². The van der Waals surface area contributed by atoms with Gasteiger partial charge in [0.1, 0.15) is 6.10 Å². The highest BCUT2D eigenvalue weighted by molar-refractivity contribution is 7.90. The summed E-state index contributed by atoms with van der Waals surface area (Å²) in [6.45, 7) is 7.29. The van der Waals surface area contributed by atoms with Gasteiger partial charge in [-0.25, -0.2) is 17.9 Å². The molecule has 0 fully saturated rings. The van der Waals surface area contributed by atoms with E-state index in [0.717, 1.165) is 16.7 Å². The van der Waals surface area contributed by atoms with Crippen LogP contribution in [0.5, 0.6) is 0 Å². The molecule has 6 heteroatoms. The Bertz CT molecular complexity index is 909. The van der Waals surface area contributed by atoms with E-state index in [9.17, 15) is 13.2 Å². The Hall–Kier alpha value is -2.82. The number of amides is 1.